The molecule has 0 radical (unpaired) electrons. The second kappa shape index (κ2) is 16.9. The van der Waals surface area contributed by atoms with E-state index in [2.05, 4.69) is 20.6 Å². The van der Waals surface area contributed by atoms with E-state index < -0.39 is 11.6 Å². The molecule has 0 saturated carbocycles. The molecule has 0 aliphatic heterocycles. The predicted molar refractivity (Wildman–Crippen MR) is 184 cm³/mol. The molecule has 0 aliphatic carbocycles. The lowest BCUT2D eigenvalue weighted by atomic mass is 10.1. The van der Waals surface area contributed by atoms with Gasteiger partial charge in [-0.05, 0) is 60.7 Å². The summed E-state index contributed by atoms with van der Waals surface area (Å²) in [6.07, 6.45) is 5.75. The molecule has 6 rings (SSSR count). The minimum absolute atomic E-state index is 0.0252. The Bertz CT molecular complexity index is 2110. The van der Waals surface area contributed by atoms with Gasteiger partial charge in [0.25, 0.3) is 11.8 Å². The molecule has 0 spiro atoms. The van der Waals surface area contributed by atoms with Crippen molar-refractivity contribution in [3.8, 4) is 39.9 Å². The summed E-state index contributed by atoms with van der Waals surface area (Å²) in [6, 6.07) is 18.8. The topological polar surface area (TPSA) is 138 Å². The number of hydrogen-bond acceptors (Lipinski definition) is 9. The van der Waals surface area contributed by atoms with Crippen LogP contribution in [0.25, 0.3) is 22.6 Å². The molecule has 6 aromatic rings. The van der Waals surface area contributed by atoms with Gasteiger partial charge in [0, 0.05) is 40.4 Å². The van der Waals surface area contributed by atoms with Gasteiger partial charge >= 0.3 is 0 Å². The Balaban J connectivity index is 0.000000198. The summed E-state index contributed by atoms with van der Waals surface area (Å²) >= 11 is 5.85. The highest BCUT2D eigenvalue weighted by atomic mass is 35.5. The molecule has 0 fully saturated rings. The number of benzene rings is 4. The third-order valence-corrected chi connectivity index (χ3v) is 7.71. The molecule has 14 heteroatoms. The quantitative estimate of drug-likeness (QED) is 0.140. The zero-order valence-corrected chi connectivity index (χ0v) is 28.3. The Morgan fingerprint density at radius 1 is 0.686 bits per heavy atom. The molecule has 2 heterocycles. The van der Waals surface area contributed by atoms with Crippen molar-refractivity contribution in [2.45, 2.75) is 13.1 Å². The Morgan fingerprint density at radius 2 is 1.22 bits per heavy atom. The zero-order chi connectivity index (χ0) is 36.3. The first-order valence-electron chi connectivity index (χ1n) is 15.2. The number of nitrogens with zero attached hydrogens (tertiary/aromatic N) is 2. The number of ether oxygens (including phenoxy) is 3. The summed E-state index contributed by atoms with van der Waals surface area (Å²) in [6.45, 7) is 0.0609. The molecule has 51 heavy (non-hydrogen) atoms. The fraction of sp³-hybridized carbons (Fsp3) is 0.135. The molecule has 2 aromatic heterocycles. The Morgan fingerprint density at radius 3 is 1.71 bits per heavy atom. The van der Waals surface area contributed by atoms with Gasteiger partial charge in [0.2, 0.25) is 0 Å². The maximum Gasteiger partial charge on any atom is 0.251 e. The fourth-order valence-electron chi connectivity index (χ4n) is 4.85. The van der Waals surface area contributed by atoms with Gasteiger partial charge < -0.3 is 33.7 Å². The second-order valence-corrected chi connectivity index (χ2v) is 11.0. The molecule has 262 valence electrons. The van der Waals surface area contributed by atoms with Crippen molar-refractivity contribution in [3.05, 3.63) is 137 Å². The van der Waals surface area contributed by atoms with E-state index in [9.17, 15) is 18.4 Å². The molecule has 4 aromatic carbocycles. The van der Waals surface area contributed by atoms with Crippen molar-refractivity contribution in [1.82, 2.24) is 20.6 Å². The van der Waals surface area contributed by atoms with Gasteiger partial charge in [0.05, 0.1) is 44.8 Å². The van der Waals surface area contributed by atoms with Crippen LogP contribution in [-0.4, -0.2) is 43.1 Å². The van der Waals surface area contributed by atoms with E-state index in [4.69, 9.17) is 34.6 Å². The molecular weight excluding hydrogens is 686 g/mol. The highest BCUT2D eigenvalue weighted by Crippen LogP contribution is 2.32. The lowest BCUT2D eigenvalue weighted by molar-refractivity contribution is 0.0942. The highest BCUT2D eigenvalue weighted by molar-refractivity contribution is 6.30. The summed E-state index contributed by atoms with van der Waals surface area (Å²) in [4.78, 5) is 32.4. The third kappa shape index (κ3) is 8.88. The third-order valence-electron chi connectivity index (χ3n) is 7.47. The number of carbonyl (C=O) groups is 2. The van der Waals surface area contributed by atoms with Gasteiger partial charge in [0.15, 0.2) is 35.9 Å². The van der Waals surface area contributed by atoms with Crippen molar-refractivity contribution in [2.75, 3.05) is 21.3 Å². The van der Waals surface area contributed by atoms with Gasteiger partial charge in [-0.3, -0.25) is 9.59 Å². The minimum Gasteiger partial charge on any atom is -0.496 e. The number of hydrogen-bond donors (Lipinski definition) is 2. The van der Waals surface area contributed by atoms with Crippen LogP contribution in [0.3, 0.4) is 0 Å². The molecule has 0 saturated heterocycles. The van der Waals surface area contributed by atoms with Gasteiger partial charge in [-0.1, -0.05) is 23.7 Å². The van der Waals surface area contributed by atoms with Crippen molar-refractivity contribution in [2.24, 2.45) is 0 Å². The average Bonchev–Trinajstić information content (AvgIpc) is 3.90. The molecule has 2 amide bonds. The molecule has 0 bridgehead atoms. The highest BCUT2D eigenvalue weighted by Gasteiger charge is 2.16. The van der Waals surface area contributed by atoms with E-state index in [0.29, 0.717) is 61.4 Å². The fourth-order valence-corrected chi connectivity index (χ4v) is 5.05. The molecule has 0 atom stereocenters. The molecule has 0 unspecified atom stereocenters. The van der Waals surface area contributed by atoms with E-state index in [-0.39, 0.29) is 30.7 Å². The first kappa shape index (κ1) is 36.1. The standard InChI is InChI=1S/C19H17FN2O4.C18H14ClFN2O3/c1-24-15-5-3-4-13(18(15)20)9-22-19(23)12-6-7-14(16(8-12)25-2)17-10-21-11-26-17;1-24-16-7-11(2-4-14(16)17-9-21-10-25-17)18(23)22-8-12-6-13(19)3-5-15(12)20/h3-8,10-11H,9H2,1-2H3,(H,22,23);2-7,9-10H,8H2,1H3,(H,22,23). The Hall–Kier alpha value is -6.21. The van der Waals surface area contributed by atoms with Crippen LogP contribution in [0.5, 0.6) is 17.2 Å². The van der Waals surface area contributed by atoms with Crippen LogP contribution >= 0.6 is 11.6 Å². The maximum atomic E-state index is 14.1. The van der Waals surface area contributed by atoms with E-state index in [0.717, 1.165) is 0 Å². The number of rotatable bonds is 11. The van der Waals surface area contributed by atoms with Crippen LogP contribution in [0.4, 0.5) is 8.78 Å². The number of nitrogens with one attached hydrogen (secondary N) is 2. The van der Waals surface area contributed by atoms with Crippen LogP contribution in [0.15, 0.2) is 107 Å². The van der Waals surface area contributed by atoms with Crippen LogP contribution in [0, 0.1) is 11.6 Å². The SMILES string of the molecule is COc1cc(C(=O)NCc2cc(Cl)ccc2F)ccc1-c1cnco1.COc1cc(C(=O)NCc2cccc(OC)c2F)ccc1-c1cnco1. The zero-order valence-electron chi connectivity index (χ0n) is 27.5. The lowest BCUT2D eigenvalue weighted by Crippen LogP contribution is -2.23. The summed E-state index contributed by atoms with van der Waals surface area (Å²) < 4.78 is 53.9. The Labute approximate surface area is 296 Å². The van der Waals surface area contributed by atoms with E-state index in [1.54, 1.807) is 60.9 Å². The molecular formula is C37H31ClF2N4O7. The number of halogens is 3. The number of oxazole rings is 2. The van der Waals surface area contributed by atoms with E-state index in [1.165, 1.54) is 58.4 Å². The maximum absolute atomic E-state index is 14.1. The molecule has 2 N–H and O–H groups in total. The molecule has 0 aliphatic rings. The lowest BCUT2D eigenvalue weighted by Gasteiger charge is -2.11. The Kier molecular flexibility index (Phi) is 12.0. The number of aromatic nitrogens is 2. The van der Waals surface area contributed by atoms with Gasteiger partial charge in [-0.2, -0.15) is 0 Å². The van der Waals surface area contributed by atoms with Gasteiger partial charge in [-0.25, -0.2) is 18.7 Å². The van der Waals surface area contributed by atoms with Gasteiger partial charge in [0.1, 0.15) is 17.3 Å². The predicted octanol–water partition coefficient (Wildman–Crippen LogP) is 7.50. The van der Waals surface area contributed by atoms with Crippen molar-refractivity contribution < 1.29 is 41.4 Å². The van der Waals surface area contributed by atoms with Crippen LogP contribution in [0.2, 0.25) is 5.02 Å². The van der Waals surface area contributed by atoms with Crippen LogP contribution in [0.1, 0.15) is 31.8 Å². The smallest absolute Gasteiger partial charge is 0.251 e. The number of amides is 2. The number of methoxy groups -OCH3 is 3. The van der Waals surface area contributed by atoms with Crippen LogP contribution < -0.4 is 24.8 Å². The summed E-state index contributed by atoms with van der Waals surface area (Å²) in [7, 11) is 4.39. The summed E-state index contributed by atoms with van der Waals surface area (Å²) in [5.41, 5.74) is 2.77. The second-order valence-electron chi connectivity index (χ2n) is 10.6. The van der Waals surface area contributed by atoms with Crippen molar-refractivity contribution in [1.29, 1.82) is 0 Å². The van der Waals surface area contributed by atoms with Gasteiger partial charge in [-0.15, -0.1) is 0 Å². The number of carbonyl (C=O) groups excluding carboxylic acids is 2. The van der Waals surface area contributed by atoms with Crippen molar-refractivity contribution >= 4 is 23.4 Å². The minimum atomic E-state index is -0.492. The van der Waals surface area contributed by atoms with Crippen LogP contribution in [-0.2, 0) is 13.1 Å². The largest absolute Gasteiger partial charge is 0.496 e. The van der Waals surface area contributed by atoms with E-state index >= 15 is 0 Å². The molecule has 11 nitrogen and oxygen atoms in total. The summed E-state index contributed by atoms with van der Waals surface area (Å²) in [5, 5.41) is 5.75. The normalized spacial score (nSPS) is 10.5. The van der Waals surface area contributed by atoms with E-state index in [1.807, 2.05) is 0 Å². The first-order valence-corrected chi connectivity index (χ1v) is 15.6. The van der Waals surface area contributed by atoms with Crippen molar-refractivity contribution in [3.63, 3.8) is 0 Å². The summed E-state index contributed by atoms with van der Waals surface area (Å²) in [5.74, 6) is 0.514. The average molecular weight is 717 g/mol. The monoisotopic (exact) mass is 716 g/mol. The first-order chi connectivity index (χ1) is 24.7.